The number of nitrogen functional groups attached to an aromatic ring is 1. The van der Waals surface area contributed by atoms with Gasteiger partial charge in [0.25, 0.3) is 0 Å². The van der Waals surface area contributed by atoms with Crippen LogP contribution in [0.2, 0.25) is 0 Å². The number of ether oxygens (including phenoxy) is 2. The summed E-state index contributed by atoms with van der Waals surface area (Å²) < 4.78 is 10.0. The molecule has 0 radical (unpaired) electrons. The van der Waals surface area contributed by atoms with Gasteiger partial charge in [-0.05, 0) is 19.1 Å². The molecule has 0 fully saturated rings. The highest BCUT2D eigenvalue weighted by Crippen LogP contribution is 2.22. The number of rotatable bonds is 4. The number of benzene rings is 1. The second-order valence-corrected chi connectivity index (χ2v) is 3.94. The lowest BCUT2D eigenvalue weighted by Gasteiger charge is -2.07. The number of methoxy groups -OCH3 is 1. The molecule has 20 heavy (non-hydrogen) atoms. The van der Waals surface area contributed by atoms with Gasteiger partial charge in [0.2, 0.25) is 0 Å². The van der Waals surface area contributed by atoms with Crippen molar-refractivity contribution >= 4 is 11.8 Å². The summed E-state index contributed by atoms with van der Waals surface area (Å²) in [5.74, 6) is 0.687. The quantitative estimate of drug-likeness (QED) is 0.856. The van der Waals surface area contributed by atoms with E-state index in [0.29, 0.717) is 11.6 Å². The van der Waals surface area contributed by atoms with Crippen molar-refractivity contribution in [2.75, 3.05) is 19.5 Å². The van der Waals surface area contributed by atoms with Crippen LogP contribution >= 0.6 is 0 Å². The third kappa shape index (κ3) is 2.85. The molecule has 0 bridgehead atoms. The van der Waals surface area contributed by atoms with Crippen molar-refractivity contribution in [1.29, 1.82) is 0 Å². The summed E-state index contributed by atoms with van der Waals surface area (Å²) in [6.45, 7) is 2.00. The number of aromatic nitrogens is 2. The van der Waals surface area contributed by atoms with Crippen LogP contribution in [0.15, 0.2) is 30.5 Å². The maximum Gasteiger partial charge on any atom is 0.343 e. The fourth-order valence-corrected chi connectivity index (χ4v) is 1.66. The van der Waals surface area contributed by atoms with Gasteiger partial charge in [-0.1, -0.05) is 12.1 Å². The van der Waals surface area contributed by atoms with E-state index in [4.69, 9.17) is 15.2 Å². The number of nitrogens with two attached hydrogens (primary N) is 1. The van der Waals surface area contributed by atoms with Crippen LogP contribution in [0.1, 0.15) is 17.3 Å². The normalized spacial score (nSPS) is 10.1. The molecule has 104 valence electrons. The van der Waals surface area contributed by atoms with E-state index in [0.717, 1.165) is 5.56 Å². The summed E-state index contributed by atoms with van der Waals surface area (Å²) in [5.41, 5.74) is 6.70. The average molecular weight is 273 g/mol. The zero-order valence-corrected chi connectivity index (χ0v) is 11.3. The first-order chi connectivity index (χ1) is 9.65. The van der Waals surface area contributed by atoms with Gasteiger partial charge in [-0.3, -0.25) is 0 Å². The minimum atomic E-state index is -0.526. The van der Waals surface area contributed by atoms with Crippen molar-refractivity contribution in [2.24, 2.45) is 0 Å². The Bertz CT molecular complexity index is 629. The summed E-state index contributed by atoms with van der Waals surface area (Å²) in [4.78, 5) is 19.9. The topological polar surface area (TPSA) is 87.3 Å². The van der Waals surface area contributed by atoms with Crippen LogP contribution in [0.4, 0.5) is 5.82 Å². The van der Waals surface area contributed by atoms with Crippen molar-refractivity contribution in [3.05, 3.63) is 36.0 Å². The molecule has 2 N–H and O–H groups in total. The first-order valence-electron chi connectivity index (χ1n) is 6.09. The second kappa shape index (κ2) is 6.01. The maximum atomic E-state index is 11.6. The lowest BCUT2D eigenvalue weighted by Crippen LogP contribution is -2.10. The Morgan fingerprint density at radius 1 is 1.40 bits per heavy atom. The minimum Gasteiger partial charge on any atom is -0.497 e. The van der Waals surface area contributed by atoms with Gasteiger partial charge in [-0.2, -0.15) is 0 Å². The first-order valence-corrected chi connectivity index (χ1v) is 6.09. The minimum absolute atomic E-state index is 0.0938. The SMILES string of the molecule is CCOC(=O)c1cnc(-c2cccc(OC)c2)nc1N. The molecule has 1 aromatic carbocycles. The summed E-state index contributed by atoms with van der Waals surface area (Å²) in [7, 11) is 1.58. The van der Waals surface area contributed by atoms with Crippen LogP contribution < -0.4 is 10.5 Å². The molecule has 1 aromatic heterocycles. The molecule has 0 aliphatic carbocycles. The molecular weight excluding hydrogens is 258 g/mol. The Morgan fingerprint density at radius 2 is 2.20 bits per heavy atom. The number of carbonyl (C=O) groups is 1. The maximum absolute atomic E-state index is 11.6. The fraction of sp³-hybridized carbons (Fsp3) is 0.214. The van der Waals surface area contributed by atoms with Crippen LogP contribution in [0.5, 0.6) is 5.75 Å². The number of anilines is 1. The zero-order chi connectivity index (χ0) is 14.5. The van der Waals surface area contributed by atoms with E-state index in [2.05, 4.69) is 9.97 Å². The van der Waals surface area contributed by atoms with Crippen molar-refractivity contribution in [3.8, 4) is 17.1 Å². The highest BCUT2D eigenvalue weighted by atomic mass is 16.5. The van der Waals surface area contributed by atoms with Crippen molar-refractivity contribution in [3.63, 3.8) is 0 Å². The van der Waals surface area contributed by atoms with Crippen LogP contribution in [0, 0.1) is 0 Å². The van der Waals surface area contributed by atoms with Crippen molar-refractivity contribution in [1.82, 2.24) is 9.97 Å². The molecule has 6 nitrogen and oxygen atoms in total. The molecule has 2 rings (SSSR count). The largest absolute Gasteiger partial charge is 0.497 e. The van der Waals surface area contributed by atoms with E-state index < -0.39 is 5.97 Å². The van der Waals surface area contributed by atoms with E-state index in [9.17, 15) is 4.79 Å². The van der Waals surface area contributed by atoms with Gasteiger partial charge in [-0.25, -0.2) is 14.8 Å². The second-order valence-electron chi connectivity index (χ2n) is 3.94. The number of nitrogens with zero attached hydrogens (tertiary/aromatic N) is 2. The van der Waals surface area contributed by atoms with Crippen LogP contribution in [0.3, 0.4) is 0 Å². The third-order valence-electron chi connectivity index (χ3n) is 2.64. The molecule has 0 saturated carbocycles. The molecule has 2 aromatic rings. The first kappa shape index (κ1) is 13.8. The Hall–Kier alpha value is -2.63. The van der Waals surface area contributed by atoms with Crippen molar-refractivity contribution < 1.29 is 14.3 Å². The van der Waals surface area contributed by atoms with Gasteiger partial charge in [0.1, 0.15) is 17.1 Å². The standard InChI is InChI=1S/C14H15N3O3/c1-3-20-14(18)11-8-16-13(17-12(11)15)9-5-4-6-10(7-9)19-2/h4-8H,3H2,1-2H3,(H2,15,16,17). The van der Waals surface area contributed by atoms with Gasteiger partial charge in [0.05, 0.1) is 13.7 Å². The molecule has 0 unspecified atom stereocenters. The van der Waals surface area contributed by atoms with Gasteiger partial charge < -0.3 is 15.2 Å². The van der Waals surface area contributed by atoms with Crippen molar-refractivity contribution in [2.45, 2.75) is 6.92 Å². The van der Waals surface area contributed by atoms with E-state index >= 15 is 0 Å². The molecule has 0 saturated heterocycles. The van der Waals surface area contributed by atoms with E-state index in [-0.39, 0.29) is 18.0 Å². The molecular formula is C14H15N3O3. The zero-order valence-electron chi connectivity index (χ0n) is 11.3. The molecule has 1 heterocycles. The van der Waals surface area contributed by atoms with Gasteiger partial charge in [0.15, 0.2) is 5.82 Å². The Morgan fingerprint density at radius 3 is 2.85 bits per heavy atom. The summed E-state index contributed by atoms with van der Waals surface area (Å²) >= 11 is 0. The molecule has 0 amide bonds. The smallest absolute Gasteiger partial charge is 0.343 e. The fourth-order valence-electron chi connectivity index (χ4n) is 1.66. The highest BCUT2D eigenvalue weighted by Gasteiger charge is 2.14. The van der Waals surface area contributed by atoms with Crippen LogP contribution in [0.25, 0.3) is 11.4 Å². The molecule has 0 aliphatic heterocycles. The predicted octanol–water partition coefficient (Wildman–Crippen LogP) is 1.91. The summed E-state index contributed by atoms with van der Waals surface area (Å²) in [6, 6.07) is 7.27. The lowest BCUT2D eigenvalue weighted by atomic mass is 10.2. The van der Waals surface area contributed by atoms with Gasteiger partial charge >= 0.3 is 5.97 Å². The van der Waals surface area contributed by atoms with Gasteiger partial charge in [0, 0.05) is 11.8 Å². The van der Waals surface area contributed by atoms with Gasteiger partial charge in [-0.15, -0.1) is 0 Å². The average Bonchev–Trinajstić information content (AvgIpc) is 2.47. The van der Waals surface area contributed by atoms with E-state index in [1.807, 2.05) is 18.2 Å². The number of esters is 1. The van der Waals surface area contributed by atoms with E-state index in [1.165, 1.54) is 6.20 Å². The van der Waals surface area contributed by atoms with Crippen LogP contribution in [-0.2, 0) is 4.74 Å². The number of hydrogen-bond donors (Lipinski definition) is 1. The monoisotopic (exact) mass is 273 g/mol. The summed E-state index contributed by atoms with van der Waals surface area (Å²) in [5, 5.41) is 0. The van der Waals surface area contributed by atoms with E-state index in [1.54, 1.807) is 20.1 Å². The Balaban J connectivity index is 2.35. The number of carbonyl (C=O) groups excluding carboxylic acids is 1. The third-order valence-corrected chi connectivity index (χ3v) is 2.64. The molecule has 0 spiro atoms. The molecule has 0 aliphatic rings. The highest BCUT2D eigenvalue weighted by molar-refractivity contribution is 5.94. The Labute approximate surface area is 116 Å². The lowest BCUT2D eigenvalue weighted by molar-refractivity contribution is 0.0527. The predicted molar refractivity (Wildman–Crippen MR) is 74.4 cm³/mol. The number of hydrogen-bond acceptors (Lipinski definition) is 6. The summed E-state index contributed by atoms with van der Waals surface area (Å²) in [6.07, 6.45) is 1.37. The Kier molecular flexibility index (Phi) is 4.14. The molecule has 6 heteroatoms. The van der Waals surface area contributed by atoms with Crippen LogP contribution in [-0.4, -0.2) is 29.7 Å². The molecule has 0 atom stereocenters.